The molecule has 0 amide bonds. The molecule has 6 atom stereocenters. The van der Waals surface area contributed by atoms with E-state index in [0.717, 1.165) is 114 Å². The van der Waals surface area contributed by atoms with E-state index < -0.39 is 97.5 Å². The monoisotopic (exact) mass is 1470 g/mol. The molecule has 0 rings (SSSR count). The van der Waals surface area contributed by atoms with Crippen LogP contribution in [-0.4, -0.2) is 96.7 Å². The van der Waals surface area contributed by atoms with Gasteiger partial charge in [-0.2, -0.15) is 0 Å². The summed E-state index contributed by atoms with van der Waals surface area (Å²) in [5.74, 6) is 1.00. The Morgan fingerprint density at radius 3 is 0.710 bits per heavy atom. The number of aliphatic hydroxyl groups is 1. The molecule has 0 bridgehead atoms. The summed E-state index contributed by atoms with van der Waals surface area (Å²) in [6, 6.07) is 0. The summed E-state index contributed by atoms with van der Waals surface area (Å²) in [5, 5.41) is 10.6. The third kappa shape index (κ3) is 73.0. The summed E-state index contributed by atoms with van der Waals surface area (Å²) in [7, 11) is -9.92. The molecular weight excluding hydrogens is 1310 g/mol. The average molecular weight is 1470 g/mol. The second-order valence-corrected chi connectivity index (χ2v) is 33.7. The third-order valence-electron chi connectivity index (χ3n) is 19.2. The van der Waals surface area contributed by atoms with Gasteiger partial charge in [0.1, 0.15) is 19.3 Å². The molecule has 0 aromatic carbocycles. The predicted molar refractivity (Wildman–Crippen MR) is 409 cm³/mol. The first-order chi connectivity index (χ1) is 48.1. The molecule has 3 N–H and O–H groups in total. The third-order valence-corrected chi connectivity index (χ3v) is 21.1. The number of hydrogen-bond acceptors (Lipinski definition) is 15. The van der Waals surface area contributed by atoms with Crippen LogP contribution < -0.4 is 0 Å². The maximum absolute atomic E-state index is 13.1. The molecule has 4 unspecified atom stereocenters. The fourth-order valence-corrected chi connectivity index (χ4v) is 14.0. The standard InChI is InChI=1S/C81H158O17P2/c1-9-74(8)60-52-44-36-28-24-25-31-39-48-56-64-81(86)97-76(67-91-78(83)61-53-45-37-29-22-18-13-11-10-12-16-20-26-33-41-49-57-71(2)3)69-95-99(87,88)93-65-75(82)66-94-100(89,90)96-70-77(68-92-79(84)62-54-46-40-32-35-43-51-59-73(6)7)98-80(85)63-55-47-38-30-23-19-15-14-17-21-27-34-42-50-58-72(4)5/h71-77,82H,9-70H2,1-8H3,(H,87,88)(H,89,90)/t74?,75?,76-,77-/m1/s1. The second kappa shape index (κ2) is 70.1. The lowest BCUT2D eigenvalue weighted by Gasteiger charge is -2.21. The number of phosphoric acid groups is 2. The minimum atomic E-state index is -4.96. The Morgan fingerprint density at radius 2 is 0.480 bits per heavy atom. The lowest BCUT2D eigenvalue weighted by Crippen LogP contribution is -2.30. The largest absolute Gasteiger partial charge is 0.472 e. The van der Waals surface area contributed by atoms with E-state index in [0.29, 0.717) is 31.6 Å². The van der Waals surface area contributed by atoms with Gasteiger partial charge in [0.2, 0.25) is 0 Å². The highest BCUT2D eigenvalue weighted by Crippen LogP contribution is 2.45. The lowest BCUT2D eigenvalue weighted by atomic mass is 9.99. The van der Waals surface area contributed by atoms with Crippen LogP contribution >= 0.6 is 15.6 Å². The Kier molecular flexibility index (Phi) is 68.7. The van der Waals surface area contributed by atoms with Gasteiger partial charge in [0.05, 0.1) is 26.4 Å². The number of ether oxygens (including phenoxy) is 4. The van der Waals surface area contributed by atoms with Gasteiger partial charge in [-0.05, 0) is 49.4 Å². The number of rotatable bonds is 78. The molecule has 0 spiro atoms. The smallest absolute Gasteiger partial charge is 0.462 e. The molecule has 0 aliphatic carbocycles. The van der Waals surface area contributed by atoms with Crippen molar-refractivity contribution in [3.8, 4) is 0 Å². The van der Waals surface area contributed by atoms with Crippen LogP contribution in [0.2, 0.25) is 0 Å². The van der Waals surface area contributed by atoms with Crippen LogP contribution in [0.5, 0.6) is 0 Å². The topological polar surface area (TPSA) is 237 Å². The molecule has 0 radical (unpaired) electrons. The molecule has 100 heavy (non-hydrogen) atoms. The molecule has 0 heterocycles. The van der Waals surface area contributed by atoms with E-state index in [9.17, 15) is 43.2 Å². The minimum Gasteiger partial charge on any atom is -0.462 e. The number of carbonyl (C=O) groups is 4. The lowest BCUT2D eigenvalue weighted by molar-refractivity contribution is -0.161. The average Bonchev–Trinajstić information content (AvgIpc) is 0.934. The first-order valence-electron chi connectivity index (χ1n) is 41.7. The van der Waals surface area contributed by atoms with Crippen molar-refractivity contribution in [3.05, 3.63) is 0 Å². The Labute approximate surface area is 613 Å². The molecule has 0 fully saturated rings. The van der Waals surface area contributed by atoms with Crippen molar-refractivity contribution in [2.75, 3.05) is 39.6 Å². The maximum Gasteiger partial charge on any atom is 0.472 e. The molecular formula is C81H158O17P2. The van der Waals surface area contributed by atoms with Gasteiger partial charge in [-0.25, -0.2) is 9.13 Å². The van der Waals surface area contributed by atoms with Crippen molar-refractivity contribution in [2.45, 2.75) is 433 Å². The van der Waals surface area contributed by atoms with Gasteiger partial charge in [-0.3, -0.25) is 37.3 Å². The van der Waals surface area contributed by atoms with Crippen molar-refractivity contribution in [1.29, 1.82) is 0 Å². The van der Waals surface area contributed by atoms with E-state index in [-0.39, 0.29) is 25.7 Å². The zero-order chi connectivity index (χ0) is 73.8. The van der Waals surface area contributed by atoms with Gasteiger partial charge >= 0.3 is 39.5 Å². The predicted octanol–water partition coefficient (Wildman–Crippen LogP) is 24.0. The SMILES string of the molecule is CCC(C)CCCCCCCCCCCCC(=O)O[C@H](COC(=O)CCCCCCCCCCCCCCCCCCC(C)C)COP(=O)(O)OCC(O)COP(=O)(O)OC[C@@H](COC(=O)CCCCCCCCCC(C)C)OC(=O)CCCCCCCCCCCCCCCCC(C)C. The van der Waals surface area contributed by atoms with Crippen molar-refractivity contribution in [1.82, 2.24) is 0 Å². The van der Waals surface area contributed by atoms with Crippen LogP contribution in [0, 0.1) is 23.7 Å². The van der Waals surface area contributed by atoms with Crippen molar-refractivity contribution < 1.29 is 80.2 Å². The Hall–Kier alpha value is -1.94. The Balaban J connectivity index is 5.23. The van der Waals surface area contributed by atoms with Crippen LogP contribution in [-0.2, 0) is 65.4 Å². The number of carbonyl (C=O) groups excluding carboxylic acids is 4. The molecule has 0 aliphatic heterocycles. The number of esters is 4. The van der Waals surface area contributed by atoms with Gasteiger partial charge in [0.25, 0.3) is 0 Å². The van der Waals surface area contributed by atoms with Crippen molar-refractivity contribution in [3.63, 3.8) is 0 Å². The number of hydrogen-bond donors (Lipinski definition) is 3. The van der Waals surface area contributed by atoms with Crippen LogP contribution in [0.25, 0.3) is 0 Å². The molecule has 0 saturated carbocycles. The van der Waals surface area contributed by atoms with E-state index in [1.807, 2.05) is 0 Å². The highest BCUT2D eigenvalue weighted by Gasteiger charge is 2.30. The molecule has 0 saturated heterocycles. The summed E-state index contributed by atoms with van der Waals surface area (Å²) >= 11 is 0. The van der Waals surface area contributed by atoms with E-state index in [2.05, 4.69) is 55.4 Å². The van der Waals surface area contributed by atoms with E-state index >= 15 is 0 Å². The molecule has 0 aromatic rings. The number of aliphatic hydroxyl groups excluding tert-OH is 1. The summed E-state index contributed by atoms with van der Waals surface area (Å²) < 4.78 is 68.7. The van der Waals surface area contributed by atoms with Crippen LogP contribution in [0.1, 0.15) is 415 Å². The minimum absolute atomic E-state index is 0.106. The maximum atomic E-state index is 13.1. The summed E-state index contributed by atoms with van der Waals surface area (Å²) in [6.07, 6.45) is 56.9. The summed E-state index contributed by atoms with van der Waals surface area (Å²) in [4.78, 5) is 73.0. The summed E-state index contributed by atoms with van der Waals surface area (Å²) in [6.45, 7) is 14.3. The number of phosphoric ester groups is 2. The first kappa shape index (κ1) is 98.1. The fraction of sp³-hybridized carbons (Fsp3) is 0.951. The number of unbranched alkanes of at least 4 members (excludes halogenated alkanes) is 43. The normalized spacial score (nSPS) is 14.3. The Morgan fingerprint density at radius 1 is 0.280 bits per heavy atom. The van der Waals surface area contributed by atoms with E-state index in [4.69, 9.17) is 37.0 Å². The van der Waals surface area contributed by atoms with Crippen molar-refractivity contribution in [2.24, 2.45) is 23.7 Å². The molecule has 17 nitrogen and oxygen atoms in total. The highest BCUT2D eigenvalue weighted by atomic mass is 31.2. The van der Waals surface area contributed by atoms with Crippen LogP contribution in [0.3, 0.4) is 0 Å². The molecule has 594 valence electrons. The van der Waals surface area contributed by atoms with E-state index in [1.54, 1.807) is 0 Å². The van der Waals surface area contributed by atoms with Crippen LogP contribution in [0.15, 0.2) is 0 Å². The zero-order valence-electron chi connectivity index (χ0n) is 65.8. The molecule has 0 aliphatic rings. The van der Waals surface area contributed by atoms with Gasteiger partial charge in [0.15, 0.2) is 12.2 Å². The van der Waals surface area contributed by atoms with Gasteiger partial charge in [0, 0.05) is 25.7 Å². The zero-order valence-corrected chi connectivity index (χ0v) is 67.6. The quantitative estimate of drug-likeness (QED) is 0.0222. The molecule has 0 aromatic heterocycles. The van der Waals surface area contributed by atoms with Crippen molar-refractivity contribution >= 4 is 39.5 Å². The molecule has 19 heteroatoms. The second-order valence-electron chi connectivity index (χ2n) is 30.8. The first-order valence-corrected chi connectivity index (χ1v) is 44.7. The van der Waals surface area contributed by atoms with E-state index in [1.165, 1.54) is 212 Å². The van der Waals surface area contributed by atoms with Gasteiger partial charge in [-0.15, -0.1) is 0 Å². The summed E-state index contributed by atoms with van der Waals surface area (Å²) in [5.41, 5.74) is 0. The highest BCUT2D eigenvalue weighted by molar-refractivity contribution is 7.47. The van der Waals surface area contributed by atoms with Gasteiger partial charge < -0.3 is 33.8 Å². The Bertz CT molecular complexity index is 1960. The van der Waals surface area contributed by atoms with Crippen LogP contribution in [0.4, 0.5) is 0 Å². The fourth-order valence-electron chi connectivity index (χ4n) is 12.4. The van der Waals surface area contributed by atoms with Gasteiger partial charge in [-0.1, -0.05) is 364 Å².